The zero-order chi connectivity index (χ0) is 13.2. The number of nitrogens with one attached hydrogen (secondary N) is 1. The molecule has 1 rings (SSSR count). The molecule has 0 radical (unpaired) electrons. The van der Waals surface area contributed by atoms with Crippen LogP contribution in [-0.4, -0.2) is 40.0 Å². The van der Waals surface area contributed by atoms with Gasteiger partial charge in [0.1, 0.15) is 0 Å². The predicted octanol–water partition coefficient (Wildman–Crippen LogP) is 0.785. The summed E-state index contributed by atoms with van der Waals surface area (Å²) in [6.45, 7) is 0. The smallest absolute Gasteiger partial charge is 0.310 e. The van der Waals surface area contributed by atoms with E-state index in [9.17, 15) is 14.7 Å². The van der Waals surface area contributed by atoms with Gasteiger partial charge in [-0.25, -0.2) is 0 Å². The van der Waals surface area contributed by atoms with Gasteiger partial charge >= 0.3 is 5.97 Å². The van der Waals surface area contributed by atoms with Gasteiger partial charge in [0.2, 0.25) is 0 Å². The molecule has 5 nitrogen and oxygen atoms in total. The lowest BCUT2D eigenvalue weighted by molar-refractivity contribution is -0.146. The zero-order valence-corrected chi connectivity index (χ0v) is 11.2. The van der Waals surface area contributed by atoms with E-state index in [1.165, 1.54) is 7.11 Å². The molecule has 3 atom stereocenters. The summed E-state index contributed by atoms with van der Waals surface area (Å²) in [5.74, 6) is -2.00. The average molecular weight is 305 g/mol. The Morgan fingerprint density at radius 1 is 1.35 bits per heavy atom. The van der Waals surface area contributed by atoms with Gasteiger partial charge in [0.05, 0.1) is 25.2 Å². The van der Waals surface area contributed by atoms with Crippen LogP contribution in [0, 0.1) is 5.92 Å². The lowest BCUT2D eigenvalue weighted by Gasteiger charge is -2.23. The number of ether oxygens (including phenoxy) is 1. The van der Waals surface area contributed by atoms with Crippen LogP contribution in [0.25, 0.3) is 0 Å². The van der Waals surface area contributed by atoms with Crippen molar-refractivity contribution in [3.05, 3.63) is 0 Å². The minimum Gasteiger partial charge on any atom is -0.469 e. The molecule has 0 aromatic rings. The summed E-state index contributed by atoms with van der Waals surface area (Å²) in [5.41, 5.74) is 0. The van der Waals surface area contributed by atoms with Gasteiger partial charge in [-0.05, 0) is 12.8 Å². The van der Waals surface area contributed by atoms with Gasteiger partial charge in [0.15, 0.2) is 0 Å². The average Bonchev–Trinajstić information content (AvgIpc) is 2.58. The van der Waals surface area contributed by atoms with E-state index in [1.807, 2.05) is 0 Å². The number of hydrogen-bond donors (Lipinski definition) is 2. The fraction of sp³-hybridized carbons (Fsp3) is 0.778. The molecule has 0 aliphatic heterocycles. The molecule has 1 saturated carbocycles. The number of aliphatic hydroxyl groups excluding tert-OH is 1. The van der Waals surface area contributed by atoms with Crippen LogP contribution in [0.4, 0.5) is 0 Å². The molecular weight excluding hydrogens is 292 g/mol. The molecule has 0 saturated heterocycles. The fourth-order valence-electron chi connectivity index (χ4n) is 1.82. The molecule has 2 N–H and O–H groups in total. The van der Waals surface area contributed by atoms with Crippen LogP contribution in [0.2, 0.25) is 0 Å². The van der Waals surface area contributed by atoms with Crippen molar-refractivity contribution in [1.82, 2.24) is 5.32 Å². The predicted molar refractivity (Wildman–Crippen MR) is 63.0 cm³/mol. The van der Waals surface area contributed by atoms with Crippen LogP contribution < -0.4 is 5.32 Å². The van der Waals surface area contributed by atoms with E-state index in [4.69, 9.17) is 34.8 Å². The number of esters is 1. The Bertz CT molecular complexity index is 318. The lowest BCUT2D eigenvalue weighted by atomic mass is 10.0. The third-order valence-corrected chi connectivity index (χ3v) is 3.20. The van der Waals surface area contributed by atoms with Crippen molar-refractivity contribution in [1.29, 1.82) is 0 Å². The van der Waals surface area contributed by atoms with Crippen molar-refractivity contribution < 1.29 is 19.4 Å². The van der Waals surface area contributed by atoms with Crippen LogP contribution in [0.5, 0.6) is 0 Å². The summed E-state index contributed by atoms with van der Waals surface area (Å²) < 4.78 is 2.46. The van der Waals surface area contributed by atoms with Gasteiger partial charge in [-0.2, -0.15) is 0 Å². The summed E-state index contributed by atoms with van der Waals surface area (Å²) in [4.78, 5) is 22.9. The van der Waals surface area contributed by atoms with Crippen molar-refractivity contribution in [2.45, 2.75) is 28.8 Å². The Morgan fingerprint density at radius 3 is 2.41 bits per heavy atom. The highest BCUT2D eigenvalue weighted by Crippen LogP contribution is 2.30. The molecule has 0 spiro atoms. The summed E-state index contributed by atoms with van der Waals surface area (Å²) in [6, 6.07) is -0.787. The minimum atomic E-state index is -2.12. The first-order chi connectivity index (χ1) is 7.77. The number of hydrogen-bond acceptors (Lipinski definition) is 4. The third-order valence-electron chi connectivity index (χ3n) is 2.68. The van der Waals surface area contributed by atoms with Crippen molar-refractivity contribution >= 4 is 46.7 Å². The Labute approximate surface area is 113 Å². The Kier molecular flexibility index (Phi) is 4.89. The van der Waals surface area contributed by atoms with Crippen LogP contribution in [-0.2, 0) is 14.3 Å². The van der Waals surface area contributed by atoms with Gasteiger partial charge < -0.3 is 15.2 Å². The number of halogens is 3. The van der Waals surface area contributed by atoms with Crippen LogP contribution in [0.3, 0.4) is 0 Å². The first-order valence-electron chi connectivity index (χ1n) is 4.91. The van der Waals surface area contributed by atoms with Crippen molar-refractivity contribution in [3.63, 3.8) is 0 Å². The summed E-state index contributed by atoms with van der Waals surface area (Å²) in [7, 11) is 1.24. The molecule has 1 fully saturated rings. The number of rotatable bonds is 2. The normalized spacial score (nSPS) is 28.9. The SMILES string of the molecule is COC(=O)[C@@H]1CC[C@H](O)[C@@H]1NC(=O)C(Cl)(Cl)Cl. The van der Waals surface area contributed by atoms with Crippen LogP contribution >= 0.6 is 34.8 Å². The molecule has 98 valence electrons. The highest BCUT2D eigenvalue weighted by molar-refractivity contribution is 6.76. The highest BCUT2D eigenvalue weighted by Gasteiger charge is 2.43. The largest absolute Gasteiger partial charge is 0.469 e. The fourth-order valence-corrected chi connectivity index (χ4v) is 1.99. The van der Waals surface area contributed by atoms with Crippen molar-refractivity contribution in [3.8, 4) is 0 Å². The quantitative estimate of drug-likeness (QED) is 0.584. The molecule has 0 aromatic carbocycles. The van der Waals surface area contributed by atoms with Gasteiger partial charge in [0, 0.05) is 0 Å². The molecule has 17 heavy (non-hydrogen) atoms. The molecule has 0 heterocycles. The van der Waals surface area contributed by atoms with Gasteiger partial charge in [0.25, 0.3) is 9.70 Å². The molecule has 8 heteroatoms. The molecule has 0 bridgehead atoms. The van der Waals surface area contributed by atoms with Crippen molar-refractivity contribution in [2.24, 2.45) is 5.92 Å². The van der Waals surface area contributed by atoms with Crippen LogP contribution in [0.15, 0.2) is 0 Å². The topological polar surface area (TPSA) is 75.6 Å². The van der Waals surface area contributed by atoms with E-state index in [-0.39, 0.29) is 0 Å². The highest BCUT2D eigenvalue weighted by atomic mass is 35.6. The molecular formula is C9H12Cl3NO4. The van der Waals surface area contributed by atoms with Crippen LogP contribution in [0.1, 0.15) is 12.8 Å². The van der Waals surface area contributed by atoms with Crippen molar-refractivity contribution in [2.75, 3.05) is 7.11 Å². The Balaban J connectivity index is 2.73. The zero-order valence-electron chi connectivity index (χ0n) is 8.95. The number of alkyl halides is 3. The minimum absolute atomic E-state index is 0.380. The summed E-state index contributed by atoms with van der Waals surface area (Å²) >= 11 is 16.2. The maximum Gasteiger partial charge on any atom is 0.310 e. The van der Waals surface area contributed by atoms with E-state index < -0.39 is 33.7 Å². The second-order valence-corrected chi connectivity index (χ2v) is 6.05. The van der Waals surface area contributed by atoms with E-state index in [0.29, 0.717) is 12.8 Å². The number of carbonyl (C=O) groups is 2. The van der Waals surface area contributed by atoms with Gasteiger partial charge in [-0.1, -0.05) is 34.8 Å². The first-order valence-corrected chi connectivity index (χ1v) is 6.04. The van der Waals surface area contributed by atoms with E-state index in [1.54, 1.807) is 0 Å². The number of methoxy groups -OCH3 is 1. The van der Waals surface area contributed by atoms with Gasteiger partial charge in [-0.15, -0.1) is 0 Å². The van der Waals surface area contributed by atoms with Gasteiger partial charge in [-0.3, -0.25) is 9.59 Å². The third kappa shape index (κ3) is 3.61. The molecule has 1 aliphatic carbocycles. The molecule has 1 aliphatic rings. The molecule has 1 amide bonds. The maximum atomic E-state index is 11.5. The standard InChI is InChI=1S/C9H12Cl3NO4/c1-17-7(15)4-2-3-5(14)6(4)13-8(16)9(10,11)12/h4-6,14H,2-3H2,1H3,(H,13,16)/t4-,5+,6-/m1/s1. The molecule has 0 aromatic heterocycles. The number of carbonyl (C=O) groups excluding carboxylic acids is 2. The Hall–Kier alpha value is -0.230. The van der Waals surface area contributed by atoms with E-state index >= 15 is 0 Å². The van der Waals surface area contributed by atoms with E-state index in [2.05, 4.69) is 10.1 Å². The second-order valence-electron chi connectivity index (χ2n) is 3.77. The lowest BCUT2D eigenvalue weighted by Crippen LogP contribution is -2.49. The monoisotopic (exact) mass is 303 g/mol. The first kappa shape index (κ1) is 14.8. The maximum absolute atomic E-state index is 11.5. The van der Waals surface area contributed by atoms with E-state index in [0.717, 1.165) is 0 Å². The second kappa shape index (κ2) is 5.61. The summed E-state index contributed by atoms with van der Waals surface area (Å²) in [6.07, 6.45) is -0.0566. The molecule has 0 unspecified atom stereocenters. The number of amides is 1. The number of aliphatic hydroxyl groups is 1. The summed E-state index contributed by atoms with van der Waals surface area (Å²) in [5, 5.41) is 12.0. The Morgan fingerprint density at radius 2 is 1.94 bits per heavy atom.